The fourth-order valence-corrected chi connectivity index (χ4v) is 7.65. The molecule has 1 aliphatic rings. The number of fused-ring (bicyclic) bond motifs is 5. The van der Waals surface area contributed by atoms with Crippen LogP contribution >= 0.6 is 11.3 Å². The lowest BCUT2D eigenvalue weighted by atomic mass is 9.35. The Labute approximate surface area is 232 Å². The minimum absolute atomic E-state index is 0.147. The largest absolute Gasteiger partial charge is 0.312 e. The highest BCUT2D eigenvalue weighted by Gasteiger charge is 2.36. The molecule has 7 aromatic rings. The molecule has 182 valence electrons. The predicted molar refractivity (Wildman–Crippen MR) is 171 cm³/mol. The summed E-state index contributed by atoms with van der Waals surface area (Å²) >= 11 is 1.94. The molecule has 0 atom stereocenters. The third kappa shape index (κ3) is 3.47. The maximum atomic E-state index is 2.42. The summed E-state index contributed by atoms with van der Waals surface area (Å²) in [6.45, 7) is 0.147. The van der Waals surface area contributed by atoms with Gasteiger partial charge in [0.2, 0.25) is 6.71 Å². The van der Waals surface area contributed by atoms with Gasteiger partial charge in [-0.2, -0.15) is 0 Å². The van der Waals surface area contributed by atoms with E-state index in [1.165, 1.54) is 64.7 Å². The van der Waals surface area contributed by atoms with Gasteiger partial charge >= 0.3 is 0 Å². The number of anilines is 3. The molecule has 0 fully saturated rings. The number of nitrogens with zero attached hydrogens (tertiary/aromatic N) is 1. The second-order valence-electron chi connectivity index (χ2n) is 10.1. The van der Waals surface area contributed by atoms with Gasteiger partial charge in [0.05, 0.1) is 0 Å². The van der Waals surface area contributed by atoms with E-state index >= 15 is 0 Å². The Balaban J connectivity index is 1.40. The number of hydrogen-bond donors (Lipinski definition) is 0. The molecule has 0 spiro atoms. The first-order chi connectivity index (χ1) is 19.4. The molecule has 1 aliphatic heterocycles. The fraction of sp³-hybridized carbons (Fsp3) is 0. The van der Waals surface area contributed by atoms with Crippen molar-refractivity contribution in [3.05, 3.63) is 146 Å². The normalized spacial score (nSPS) is 12.5. The Morgan fingerprint density at radius 3 is 1.67 bits per heavy atom. The predicted octanol–water partition coefficient (Wildman–Crippen LogP) is 8.02. The van der Waals surface area contributed by atoms with E-state index in [1.54, 1.807) is 0 Å². The van der Waals surface area contributed by atoms with Gasteiger partial charge in [-0.1, -0.05) is 127 Å². The van der Waals surface area contributed by atoms with E-state index < -0.39 is 0 Å². The maximum Gasteiger partial charge on any atom is 0.248 e. The summed E-state index contributed by atoms with van der Waals surface area (Å²) in [5.74, 6) is 0. The maximum absolute atomic E-state index is 2.42. The van der Waals surface area contributed by atoms with Crippen LogP contribution in [-0.4, -0.2) is 6.71 Å². The van der Waals surface area contributed by atoms with Crippen LogP contribution in [0.5, 0.6) is 0 Å². The minimum atomic E-state index is 0.147. The molecule has 8 rings (SSSR count). The zero-order valence-corrected chi connectivity index (χ0v) is 22.1. The lowest BCUT2D eigenvalue weighted by Gasteiger charge is -2.37. The first-order valence-corrected chi connectivity index (χ1v) is 14.2. The second kappa shape index (κ2) is 9.01. The Kier molecular flexibility index (Phi) is 5.17. The van der Waals surface area contributed by atoms with E-state index in [2.05, 4.69) is 150 Å². The van der Waals surface area contributed by atoms with Crippen LogP contribution in [-0.2, 0) is 0 Å². The highest BCUT2D eigenvalue weighted by atomic mass is 32.1. The van der Waals surface area contributed by atoms with Gasteiger partial charge in [0.15, 0.2) is 0 Å². The molecule has 1 nitrogen and oxygen atoms in total. The van der Waals surface area contributed by atoms with Gasteiger partial charge in [0, 0.05) is 31.8 Å². The zero-order valence-electron chi connectivity index (χ0n) is 21.3. The summed E-state index contributed by atoms with van der Waals surface area (Å²) in [7, 11) is 0. The quantitative estimate of drug-likeness (QED) is 0.216. The molecule has 39 heavy (non-hydrogen) atoms. The molecular weight excluding hydrogens is 489 g/mol. The topological polar surface area (TPSA) is 3.24 Å². The molecule has 0 unspecified atom stereocenters. The van der Waals surface area contributed by atoms with Gasteiger partial charge in [0.25, 0.3) is 0 Å². The van der Waals surface area contributed by atoms with Crippen LogP contribution in [0.1, 0.15) is 0 Å². The highest BCUT2D eigenvalue weighted by molar-refractivity contribution is 7.28. The molecule has 3 heteroatoms. The Hall–Kier alpha value is -4.60. The Morgan fingerprint density at radius 1 is 0.436 bits per heavy atom. The van der Waals surface area contributed by atoms with Crippen LogP contribution in [0.4, 0.5) is 17.1 Å². The first kappa shape index (κ1) is 22.4. The summed E-state index contributed by atoms with van der Waals surface area (Å²) < 4.78 is 2.73. The lowest BCUT2D eigenvalue weighted by molar-refractivity contribution is 1.29. The lowest BCUT2D eigenvalue weighted by Crippen LogP contribution is -2.57. The molecular formula is C36H24BNS. The van der Waals surface area contributed by atoms with Crippen LogP contribution in [0.25, 0.3) is 31.3 Å². The molecule has 1 aromatic heterocycles. The smallest absolute Gasteiger partial charge is 0.248 e. The third-order valence-electron chi connectivity index (χ3n) is 7.94. The molecule has 0 radical (unpaired) electrons. The van der Waals surface area contributed by atoms with E-state index in [0.717, 1.165) is 0 Å². The number of para-hydroxylation sites is 3. The van der Waals surface area contributed by atoms with Crippen molar-refractivity contribution in [2.75, 3.05) is 4.90 Å². The fourth-order valence-electron chi connectivity index (χ4n) is 6.27. The van der Waals surface area contributed by atoms with Gasteiger partial charge in [0.1, 0.15) is 0 Å². The van der Waals surface area contributed by atoms with Gasteiger partial charge in [-0.25, -0.2) is 0 Å². The van der Waals surface area contributed by atoms with Crippen LogP contribution < -0.4 is 21.3 Å². The first-order valence-electron chi connectivity index (χ1n) is 13.4. The van der Waals surface area contributed by atoms with Gasteiger partial charge in [-0.15, -0.1) is 11.3 Å². The van der Waals surface area contributed by atoms with E-state index in [4.69, 9.17) is 0 Å². The molecule has 0 N–H and O–H groups in total. The molecule has 2 heterocycles. The van der Waals surface area contributed by atoms with Gasteiger partial charge in [-0.05, 0) is 51.7 Å². The van der Waals surface area contributed by atoms with E-state index in [9.17, 15) is 0 Å². The molecule has 6 aromatic carbocycles. The number of benzene rings is 6. The van der Waals surface area contributed by atoms with Gasteiger partial charge < -0.3 is 4.90 Å². The molecule has 0 bridgehead atoms. The van der Waals surface area contributed by atoms with Crippen LogP contribution in [0.2, 0.25) is 0 Å². The Bertz CT molecular complexity index is 1930. The van der Waals surface area contributed by atoms with Crippen LogP contribution in [0.3, 0.4) is 0 Å². The van der Waals surface area contributed by atoms with E-state index in [-0.39, 0.29) is 6.71 Å². The number of thiophene rings is 1. The molecule has 0 saturated carbocycles. The average Bonchev–Trinajstić information content (AvgIpc) is 3.40. The summed E-state index contributed by atoms with van der Waals surface area (Å²) in [6.07, 6.45) is 0. The summed E-state index contributed by atoms with van der Waals surface area (Å²) in [6, 6.07) is 53.0. The Morgan fingerprint density at radius 2 is 0.974 bits per heavy atom. The van der Waals surface area contributed by atoms with Crippen molar-refractivity contribution < 1.29 is 0 Å². The van der Waals surface area contributed by atoms with Crippen molar-refractivity contribution >= 4 is 71.7 Å². The van der Waals surface area contributed by atoms with E-state index in [0.29, 0.717) is 0 Å². The highest BCUT2D eigenvalue weighted by Crippen LogP contribution is 2.40. The summed E-state index contributed by atoms with van der Waals surface area (Å²) in [5, 5.41) is 2.67. The summed E-state index contributed by atoms with van der Waals surface area (Å²) in [4.78, 5) is 2.42. The summed E-state index contributed by atoms with van der Waals surface area (Å²) in [5.41, 5.74) is 10.3. The molecule has 0 saturated heterocycles. The molecule has 0 aliphatic carbocycles. The number of rotatable bonds is 3. The van der Waals surface area contributed by atoms with Crippen molar-refractivity contribution in [2.45, 2.75) is 0 Å². The molecule has 0 amide bonds. The van der Waals surface area contributed by atoms with Crippen molar-refractivity contribution in [2.24, 2.45) is 0 Å². The average molecular weight is 513 g/mol. The van der Waals surface area contributed by atoms with Gasteiger partial charge in [-0.3, -0.25) is 0 Å². The second-order valence-corrected chi connectivity index (χ2v) is 11.1. The SMILES string of the molecule is c1ccc(-c2cccc3c2sc2c(B4c5ccccc5N(c5ccccc5)c5ccccc54)cccc23)cc1. The van der Waals surface area contributed by atoms with E-state index in [1.807, 2.05) is 11.3 Å². The van der Waals surface area contributed by atoms with Crippen molar-refractivity contribution in [3.8, 4) is 11.1 Å². The minimum Gasteiger partial charge on any atom is -0.312 e. The van der Waals surface area contributed by atoms with Crippen LogP contribution in [0, 0.1) is 0 Å². The van der Waals surface area contributed by atoms with Crippen molar-refractivity contribution in [1.82, 2.24) is 0 Å². The van der Waals surface area contributed by atoms with Crippen LogP contribution in [0.15, 0.2) is 146 Å². The van der Waals surface area contributed by atoms with Crippen molar-refractivity contribution in [3.63, 3.8) is 0 Å². The zero-order chi connectivity index (χ0) is 25.8. The third-order valence-corrected chi connectivity index (χ3v) is 9.25. The van der Waals surface area contributed by atoms with Crippen molar-refractivity contribution in [1.29, 1.82) is 0 Å². The number of hydrogen-bond acceptors (Lipinski definition) is 2. The monoisotopic (exact) mass is 513 g/mol. The standard InChI is InChI=1S/C36H24BNS/c1-3-13-25(14-4-1)27-17-11-18-28-29-19-12-22-32(36(29)39-35(27)28)37-30-20-7-9-23-33(30)38(26-15-5-2-6-16-26)34-24-10-8-21-31(34)37/h1-24H.